The summed E-state index contributed by atoms with van der Waals surface area (Å²) in [5.41, 5.74) is 2.85. The average Bonchev–Trinajstić information content (AvgIpc) is 2.75. The van der Waals surface area contributed by atoms with E-state index < -0.39 is 0 Å². The van der Waals surface area contributed by atoms with E-state index in [1.165, 1.54) is 0 Å². The highest BCUT2D eigenvalue weighted by Crippen LogP contribution is 2.31. The Balaban J connectivity index is 2.46. The first-order chi connectivity index (χ1) is 9.43. The minimum atomic E-state index is -0.321. The second-order valence-electron chi connectivity index (χ2n) is 4.97. The van der Waals surface area contributed by atoms with Crippen molar-refractivity contribution in [2.45, 2.75) is 19.9 Å². The fourth-order valence-electron chi connectivity index (χ4n) is 2.13. The SMILES string of the molecule is Cc1c(Br)c(-c2ccccc2)nn1C(C)C(=O)N(C)C. The number of carbonyl (C=O) groups is 1. The van der Waals surface area contributed by atoms with Gasteiger partial charge in [0.05, 0.1) is 10.2 Å². The third-order valence-corrected chi connectivity index (χ3v) is 4.24. The van der Waals surface area contributed by atoms with E-state index in [1.54, 1.807) is 23.7 Å². The summed E-state index contributed by atoms with van der Waals surface area (Å²) in [7, 11) is 3.51. The normalized spacial score (nSPS) is 12.2. The summed E-state index contributed by atoms with van der Waals surface area (Å²) in [5.74, 6) is 0.0303. The lowest BCUT2D eigenvalue weighted by Crippen LogP contribution is -2.30. The number of hydrogen-bond acceptors (Lipinski definition) is 2. The Bertz CT molecular complexity index is 620. The van der Waals surface area contributed by atoms with E-state index in [2.05, 4.69) is 21.0 Å². The first-order valence-corrected chi connectivity index (χ1v) is 7.24. The topological polar surface area (TPSA) is 38.1 Å². The third kappa shape index (κ3) is 2.63. The van der Waals surface area contributed by atoms with Crippen molar-refractivity contribution in [3.63, 3.8) is 0 Å². The van der Waals surface area contributed by atoms with Crippen molar-refractivity contribution < 1.29 is 4.79 Å². The number of aromatic nitrogens is 2. The lowest BCUT2D eigenvalue weighted by Gasteiger charge is -2.18. The molecular weight excluding hydrogens is 318 g/mol. The van der Waals surface area contributed by atoms with Gasteiger partial charge in [-0.2, -0.15) is 5.10 Å². The zero-order valence-corrected chi connectivity index (χ0v) is 13.7. The molecule has 106 valence electrons. The van der Waals surface area contributed by atoms with Gasteiger partial charge in [0.1, 0.15) is 11.7 Å². The smallest absolute Gasteiger partial charge is 0.246 e. The fraction of sp³-hybridized carbons (Fsp3) is 0.333. The van der Waals surface area contributed by atoms with E-state index in [1.807, 2.05) is 44.2 Å². The zero-order valence-electron chi connectivity index (χ0n) is 12.1. The summed E-state index contributed by atoms with van der Waals surface area (Å²) in [6, 6.07) is 9.62. The van der Waals surface area contributed by atoms with Crippen LogP contribution in [0.25, 0.3) is 11.3 Å². The van der Waals surface area contributed by atoms with Crippen LogP contribution in [0.2, 0.25) is 0 Å². The second-order valence-corrected chi connectivity index (χ2v) is 5.76. The van der Waals surface area contributed by atoms with Crippen molar-refractivity contribution in [1.29, 1.82) is 0 Å². The molecule has 0 spiro atoms. The van der Waals surface area contributed by atoms with Gasteiger partial charge in [-0.05, 0) is 29.8 Å². The molecule has 2 aromatic rings. The van der Waals surface area contributed by atoms with Crippen LogP contribution in [0.4, 0.5) is 0 Å². The van der Waals surface area contributed by atoms with Gasteiger partial charge in [-0.15, -0.1) is 0 Å². The molecule has 0 saturated heterocycles. The summed E-state index contributed by atoms with van der Waals surface area (Å²) >= 11 is 3.58. The lowest BCUT2D eigenvalue weighted by atomic mass is 10.1. The Morgan fingerprint density at radius 3 is 2.45 bits per heavy atom. The average molecular weight is 336 g/mol. The van der Waals surface area contributed by atoms with E-state index in [0.717, 1.165) is 21.4 Å². The van der Waals surface area contributed by atoms with Gasteiger partial charge in [0.2, 0.25) is 5.91 Å². The predicted molar refractivity (Wildman–Crippen MR) is 83.5 cm³/mol. The second kappa shape index (κ2) is 5.79. The fourth-order valence-corrected chi connectivity index (χ4v) is 2.62. The van der Waals surface area contributed by atoms with E-state index in [4.69, 9.17) is 0 Å². The van der Waals surface area contributed by atoms with Crippen molar-refractivity contribution >= 4 is 21.8 Å². The summed E-state index contributed by atoms with van der Waals surface area (Å²) in [5, 5.41) is 4.61. The Morgan fingerprint density at radius 1 is 1.30 bits per heavy atom. The maximum atomic E-state index is 12.1. The molecule has 1 unspecified atom stereocenters. The van der Waals surface area contributed by atoms with Crippen LogP contribution in [-0.4, -0.2) is 34.7 Å². The largest absolute Gasteiger partial charge is 0.347 e. The molecule has 0 aliphatic heterocycles. The van der Waals surface area contributed by atoms with Crippen molar-refractivity contribution in [3.05, 3.63) is 40.5 Å². The molecule has 1 aromatic heterocycles. The van der Waals surface area contributed by atoms with Crippen LogP contribution in [0.15, 0.2) is 34.8 Å². The van der Waals surface area contributed by atoms with E-state index in [9.17, 15) is 4.79 Å². The molecule has 0 bridgehead atoms. The number of benzene rings is 1. The quantitative estimate of drug-likeness (QED) is 0.863. The molecular formula is C15H18BrN3O. The molecule has 0 saturated carbocycles. The molecule has 1 aromatic carbocycles. The highest BCUT2D eigenvalue weighted by molar-refractivity contribution is 9.10. The number of halogens is 1. The number of amides is 1. The van der Waals surface area contributed by atoms with Gasteiger partial charge in [-0.3, -0.25) is 9.48 Å². The molecule has 0 fully saturated rings. The van der Waals surface area contributed by atoms with Crippen LogP contribution in [0.1, 0.15) is 18.7 Å². The van der Waals surface area contributed by atoms with Gasteiger partial charge in [0.25, 0.3) is 0 Å². The Hall–Kier alpha value is -1.62. The van der Waals surface area contributed by atoms with Gasteiger partial charge >= 0.3 is 0 Å². The zero-order chi connectivity index (χ0) is 14.9. The van der Waals surface area contributed by atoms with Crippen LogP contribution in [0.3, 0.4) is 0 Å². The van der Waals surface area contributed by atoms with Crippen molar-refractivity contribution in [1.82, 2.24) is 14.7 Å². The Morgan fingerprint density at radius 2 is 1.90 bits per heavy atom. The van der Waals surface area contributed by atoms with Gasteiger partial charge in [0.15, 0.2) is 0 Å². The first-order valence-electron chi connectivity index (χ1n) is 6.44. The maximum Gasteiger partial charge on any atom is 0.246 e. The van der Waals surface area contributed by atoms with Crippen LogP contribution in [0, 0.1) is 6.92 Å². The standard InChI is InChI=1S/C15H18BrN3O/c1-10-13(16)14(12-8-6-5-7-9-12)17-19(10)11(2)15(20)18(3)4/h5-9,11H,1-4H3. The summed E-state index contributed by atoms with van der Waals surface area (Å²) in [6.45, 7) is 3.83. The Labute approximate surface area is 127 Å². The number of nitrogens with zero attached hydrogens (tertiary/aromatic N) is 3. The van der Waals surface area contributed by atoms with E-state index in [-0.39, 0.29) is 11.9 Å². The van der Waals surface area contributed by atoms with Gasteiger partial charge in [0, 0.05) is 19.7 Å². The monoisotopic (exact) mass is 335 g/mol. The Kier molecular flexibility index (Phi) is 4.28. The van der Waals surface area contributed by atoms with Gasteiger partial charge in [-0.1, -0.05) is 30.3 Å². The van der Waals surface area contributed by atoms with Crippen LogP contribution in [-0.2, 0) is 4.79 Å². The molecule has 2 rings (SSSR count). The molecule has 1 amide bonds. The molecule has 0 aliphatic carbocycles. The minimum Gasteiger partial charge on any atom is -0.347 e. The molecule has 0 N–H and O–H groups in total. The van der Waals surface area contributed by atoms with E-state index >= 15 is 0 Å². The number of hydrogen-bond donors (Lipinski definition) is 0. The van der Waals surface area contributed by atoms with Crippen molar-refractivity contribution in [2.75, 3.05) is 14.1 Å². The third-order valence-electron chi connectivity index (χ3n) is 3.29. The van der Waals surface area contributed by atoms with Crippen LogP contribution < -0.4 is 0 Å². The summed E-state index contributed by atoms with van der Waals surface area (Å²) in [4.78, 5) is 13.7. The summed E-state index contributed by atoms with van der Waals surface area (Å²) < 4.78 is 2.71. The number of carbonyl (C=O) groups excluding carboxylic acids is 1. The van der Waals surface area contributed by atoms with E-state index in [0.29, 0.717) is 0 Å². The number of likely N-dealkylation sites (N-methyl/N-ethyl adjacent to an activating group) is 1. The number of rotatable bonds is 3. The highest BCUT2D eigenvalue weighted by atomic mass is 79.9. The highest BCUT2D eigenvalue weighted by Gasteiger charge is 2.23. The van der Waals surface area contributed by atoms with Crippen molar-refractivity contribution in [3.8, 4) is 11.3 Å². The maximum absolute atomic E-state index is 12.1. The van der Waals surface area contributed by atoms with Crippen molar-refractivity contribution in [2.24, 2.45) is 0 Å². The predicted octanol–water partition coefficient (Wildman–Crippen LogP) is 3.27. The molecule has 5 heteroatoms. The minimum absolute atomic E-state index is 0.0303. The van der Waals surface area contributed by atoms with Gasteiger partial charge < -0.3 is 4.90 Å². The molecule has 20 heavy (non-hydrogen) atoms. The first kappa shape index (κ1) is 14.8. The lowest BCUT2D eigenvalue weighted by molar-refractivity contribution is -0.132. The summed E-state index contributed by atoms with van der Waals surface area (Å²) in [6.07, 6.45) is 0. The van der Waals surface area contributed by atoms with Crippen LogP contribution >= 0.6 is 15.9 Å². The molecule has 0 radical (unpaired) electrons. The van der Waals surface area contributed by atoms with Crippen LogP contribution in [0.5, 0.6) is 0 Å². The molecule has 0 aliphatic rings. The molecule has 1 heterocycles. The van der Waals surface area contributed by atoms with Gasteiger partial charge in [-0.25, -0.2) is 0 Å². The molecule has 4 nitrogen and oxygen atoms in total. The molecule has 1 atom stereocenters.